The summed E-state index contributed by atoms with van der Waals surface area (Å²) in [7, 11) is 0. The quantitative estimate of drug-likeness (QED) is 0.529. The van der Waals surface area contributed by atoms with Gasteiger partial charge in [-0.1, -0.05) is 31.9 Å². The van der Waals surface area contributed by atoms with Gasteiger partial charge >= 0.3 is 6.18 Å². The average molecular weight is 196 g/mol. The van der Waals surface area contributed by atoms with Crippen LogP contribution in [-0.4, -0.2) is 17.4 Å². The van der Waals surface area contributed by atoms with Crippen molar-refractivity contribution < 1.29 is 18.3 Å². The number of aliphatic hydroxyl groups is 1. The van der Waals surface area contributed by atoms with Crippen molar-refractivity contribution in [3.63, 3.8) is 0 Å². The predicted octanol–water partition coefficient (Wildman–Crippen LogP) is 3.05. The normalized spacial score (nSPS) is 15.2. The molecule has 0 aliphatic rings. The van der Waals surface area contributed by atoms with Crippen molar-refractivity contribution in [2.75, 3.05) is 0 Å². The number of rotatable bonds is 5. The van der Waals surface area contributed by atoms with Crippen molar-refractivity contribution in [1.29, 1.82) is 0 Å². The molecule has 0 fully saturated rings. The summed E-state index contributed by atoms with van der Waals surface area (Å²) in [6.07, 6.45) is -1.14. The molecule has 1 nitrogen and oxygen atoms in total. The summed E-state index contributed by atoms with van der Waals surface area (Å²) in [6.45, 7) is 2.02. The van der Waals surface area contributed by atoms with Crippen molar-refractivity contribution in [1.82, 2.24) is 0 Å². The van der Waals surface area contributed by atoms with E-state index in [1.807, 2.05) is 6.92 Å². The Labute approximate surface area is 76.3 Å². The fraction of sp³-hybridized carbons (Fsp3) is 0.778. The lowest BCUT2D eigenvalue weighted by molar-refractivity contribution is -0.187. The van der Waals surface area contributed by atoms with E-state index in [1.165, 1.54) is 6.08 Å². The molecular weight excluding hydrogens is 181 g/mol. The van der Waals surface area contributed by atoms with Crippen molar-refractivity contribution in [2.45, 2.75) is 44.9 Å². The predicted molar refractivity (Wildman–Crippen MR) is 45.3 cm³/mol. The minimum absolute atomic E-state index is 0.598. The van der Waals surface area contributed by atoms with Crippen LogP contribution in [0.3, 0.4) is 0 Å². The molecule has 1 atom stereocenters. The van der Waals surface area contributed by atoms with Crippen molar-refractivity contribution in [2.24, 2.45) is 0 Å². The second-order valence-electron chi connectivity index (χ2n) is 2.91. The molecule has 0 aromatic carbocycles. The molecule has 0 spiro atoms. The SMILES string of the molecule is CCCCC/C=C/C(O)C(F)(F)F. The highest BCUT2D eigenvalue weighted by Crippen LogP contribution is 2.20. The molecule has 0 aliphatic heterocycles. The van der Waals surface area contributed by atoms with E-state index in [9.17, 15) is 13.2 Å². The molecule has 4 heteroatoms. The van der Waals surface area contributed by atoms with Crippen molar-refractivity contribution >= 4 is 0 Å². The first-order valence-corrected chi connectivity index (χ1v) is 4.40. The molecule has 78 valence electrons. The molecule has 0 heterocycles. The highest BCUT2D eigenvalue weighted by Gasteiger charge is 2.35. The number of hydrogen-bond donors (Lipinski definition) is 1. The molecule has 0 saturated carbocycles. The first-order chi connectivity index (χ1) is 5.98. The number of allylic oxidation sites excluding steroid dienone is 1. The van der Waals surface area contributed by atoms with E-state index in [1.54, 1.807) is 0 Å². The van der Waals surface area contributed by atoms with Gasteiger partial charge in [-0.15, -0.1) is 0 Å². The van der Waals surface area contributed by atoms with Gasteiger partial charge in [0.25, 0.3) is 0 Å². The van der Waals surface area contributed by atoms with Crippen LogP contribution >= 0.6 is 0 Å². The zero-order valence-corrected chi connectivity index (χ0v) is 7.64. The van der Waals surface area contributed by atoms with Crippen LogP contribution in [0.5, 0.6) is 0 Å². The number of unbranched alkanes of at least 4 members (excludes halogenated alkanes) is 3. The first-order valence-electron chi connectivity index (χ1n) is 4.40. The standard InChI is InChI=1S/C9H15F3O/c1-2-3-4-5-6-7-8(13)9(10,11)12/h6-8,13H,2-5H2,1H3/b7-6+. The Morgan fingerprint density at radius 2 is 1.92 bits per heavy atom. The van der Waals surface area contributed by atoms with Gasteiger partial charge in [-0.2, -0.15) is 13.2 Å². The minimum Gasteiger partial charge on any atom is -0.380 e. The van der Waals surface area contributed by atoms with E-state index in [-0.39, 0.29) is 0 Å². The third-order valence-corrected chi connectivity index (χ3v) is 1.63. The fourth-order valence-electron chi connectivity index (χ4n) is 0.846. The number of alkyl halides is 3. The molecule has 0 rings (SSSR count). The smallest absolute Gasteiger partial charge is 0.380 e. The van der Waals surface area contributed by atoms with Crippen LogP contribution in [0, 0.1) is 0 Å². The van der Waals surface area contributed by atoms with Gasteiger partial charge in [0.1, 0.15) is 0 Å². The van der Waals surface area contributed by atoms with Crippen LogP contribution in [0.1, 0.15) is 32.6 Å². The third kappa shape index (κ3) is 6.63. The topological polar surface area (TPSA) is 20.2 Å². The molecule has 0 aromatic heterocycles. The van der Waals surface area contributed by atoms with Gasteiger partial charge in [-0.25, -0.2) is 0 Å². The van der Waals surface area contributed by atoms with E-state index < -0.39 is 12.3 Å². The van der Waals surface area contributed by atoms with E-state index in [2.05, 4.69) is 0 Å². The van der Waals surface area contributed by atoms with Gasteiger partial charge < -0.3 is 5.11 Å². The summed E-state index contributed by atoms with van der Waals surface area (Å²) in [5.74, 6) is 0. The van der Waals surface area contributed by atoms with Crippen LogP contribution < -0.4 is 0 Å². The molecular formula is C9H15F3O. The van der Waals surface area contributed by atoms with Crippen molar-refractivity contribution in [3.05, 3.63) is 12.2 Å². The van der Waals surface area contributed by atoms with Crippen LogP contribution in [0.15, 0.2) is 12.2 Å². The molecule has 0 saturated heterocycles. The lowest BCUT2D eigenvalue weighted by atomic mass is 10.2. The van der Waals surface area contributed by atoms with Gasteiger partial charge in [0.15, 0.2) is 6.10 Å². The Hall–Kier alpha value is -0.510. The molecule has 13 heavy (non-hydrogen) atoms. The molecule has 1 unspecified atom stereocenters. The summed E-state index contributed by atoms with van der Waals surface area (Å²) < 4.78 is 35.2. The highest BCUT2D eigenvalue weighted by molar-refractivity contribution is 4.92. The summed E-state index contributed by atoms with van der Waals surface area (Å²) in [5.41, 5.74) is 0. The average Bonchev–Trinajstić information content (AvgIpc) is 2.02. The fourth-order valence-corrected chi connectivity index (χ4v) is 0.846. The maximum Gasteiger partial charge on any atom is 0.417 e. The summed E-state index contributed by atoms with van der Waals surface area (Å²) in [6, 6.07) is 0. The first kappa shape index (κ1) is 12.5. The Balaban J connectivity index is 3.60. The molecule has 0 amide bonds. The maximum absolute atomic E-state index is 11.7. The second kappa shape index (κ2) is 6.02. The van der Waals surface area contributed by atoms with Gasteiger partial charge in [0.05, 0.1) is 0 Å². The van der Waals surface area contributed by atoms with E-state index in [4.69, 9.17) is 5.11 Å². The third-order valence-electron chi connectivity index (χ3n) is 1.63. The van der Waals surface area contributed by atoms with Crippen LogP contribution in [0.2, 0.25) is 0 Å². The Kier molecular flexibility index (Phi) is 5.79. The Morgan fingerprint density at radius 1 is 1.31 bits per heavy atom. The van der Waals surface area contributed by atoms with Gasteiger partial charge in [0.2, 0.25) is 0 Å². The lowest BCUT2D eigenvalue weighted by Crippen LogP contribution is -2.25. The van der Waals surface area contributed by atoms with E-state index in [0.29, 0.717) is 6.42 Å². The molecule has 0 aromatic rings. The van der Waals surface area contributed by atoms with Crippen LogP contribution in [0.25, 0.3) is 0 Å². The van der Waals surface area contributed by atoms with Gasteiger partial charge in [-0.05, 0) is 12.8 Å². The van der Waals surface area contributed by atoms with E-state index >= 15 is 0 Å². The largest absolute Gasteiger partial charge is 0.417 e. The Morgan fingerprint density at radius 3 is 2.38 bits per heavy atom. The van der Waals surface area contributed by atoms with Crippen LogP contribution in [0.4, 0.5) is 13.2 Å². The minimum atomic E-state index is -4.53. The van der Waals surface area contributed by atoms with Crippen LogP contribution in [-0.2, 0) is 0 Å². The number of halogens is 3. The zero-order chi connectivity index (χ0) is 10.3. The monoisotopic (exact) mass is 196 g/mol. The lowest BCUT2D eigenvalue weighted by Gasteiger charge is -2.09. The molecule has 0 radical (unpaired) electrons. The highest BCUT2D eigenvalue weighted by atomic mass is 19.4. The Bertz CT molecular complexity index is 151. The summed E-state index contributed by atoms with van der Waals surface area (Å²) >= 11 is 0. The van der Waals surface area contributed by atoms with Gasteiger partial charge in [0, 0.05) is 0 Å². The number of aliphatic hydroxyl groups excluding tert-OH is 1. The summed E-state index contributed by atoms with van der Waals surface area (Å²) in [5, 5.41) is 8.53. The van der Waals surface area contributed by atoms with Crippen molar-refractivity contribution in [3.8, 4) is 0 Å². The summed E-state index contributed by atoms with van der Waals surface area (Å²) in [4.78, 5) is 0. The molecule has 0 aliphatic carbocycles. The molecule has 1 N–H and O–H groups in total. The number of hydrogen-bond acceptors (Lipinski definition) is 1. The van der Waals surface area contributed by atoms with E-state index in [0.717, 1.165) is 25.3 Å². The second-order valence-corrected chi connectivity index (χ2v) is 2.91. The molecule has 0 bridgehead atoms. The van der Waals surface area contributed by atoms with Gasteiger partial charge in [-0.3, -0.25) is 0 Å². The zero-order valence-electron chi connectivity index (χ0n) is 7.64. The maximum atomic E-state index is 11.7.